The van der Waals surface area contributed by atoms with Crippen molar-refractivity contribution in [2.75, 3.05) is 18.8 Å². The van der Waals surface area contributed by atoms with Gasteiger partial charge in [-0.3, -0.25) is 4.90 Å². The molecule has 0 amide bonds. The molecule has 1 saturated heterocycles. The van der Waals surface area contributed by atoms with Crippen LogP contribution in [-0.2, 0) is 15.4 Å². The Hall–Kier alpha value is -1.69. The number of benzene rings is 2. The highest BCUT2D eigenvalue weighted by atomic mass is 32.2. The molecule has 150 valence electrons. The summed E-state index contributed by atoms with van der Waals surface area (Å²) < 4.78 is 25.4. The van der Waals surface area contributed by atoms with Crippen molar-refractivity contribution >= 4 is 9.84 Å². The van der Waals surface area contributed by atoms with Gasteiger partial charge in [0.25, 0.3) is 0 Å². The van der Waals surface area contributed by atoms with Crippen molar-refractivity contribution in [2.24, 2.45) is 5.92 Å². The second-order valence-corrected chi connectivity index (χ2v) is 10.3. The van der Waals surface area contributed by atoms with E-state index in [-0.39, 0.29) is 17.7 Å². The number of aliphatic hydroxyl groups is 1. The van der Waals surface area contributed by atoms with Crippen LogP contribution in [0.5, 0.6) is 0 Å². The van der Waals surface area contributed by atoms with Gasteiger partial charge in [-0.2, -0.15) is 0 Å². The monoisotopic (exact) mass is 399 g/mol. The average Bonchev–Trinajstić information content (AvgIpc) is 2.75. The first-order chi connectivity index (χ1) is 13.5. The van der Waals surface area contributed by atoms with Crippen LogP contribution in [0.2, 0.25) is 0 Å². The van der Waals surface area contributed by atoms with Crippen LogP contribution in [0.4, 0.5) is 0 Å². The van der Waals surface area contributed by atoms with E-state index in [1.807, 2.05) is 36.4 Å². The van der Waals surface area contributed by atoms with E-state index in [4.69, 9.17) is 0 Å². The third kappa shape index (κ3) is 3.76. The lowest BCUT2D eigenvalue weighted by Crippen LogP contribution is -2.58. The quantitative estimate of drug-likeness (QED) is 0.834. The van der Waals surface area contributed by atoms with Crippen LogP contribution >= 0.6 is 0 Å². The molecule has 0 bridgehead atoms. The van der Waals surface area contributed by atoms with E-state index in [9.17, 15) is 13.5 Å². The lowest BCUT2D eigenvalue weighted by molar-refractivity contribution is -0.119. The molecule has 0 unspecified atom stereocenters. The smallest absolute Gasteiger partial charge is 0.179 e. The minimum atomic E-state index is -3.28. The number of fused-ring (bicyclic) bond motifs is 1. The summed E-state index contributed by atoms with van der Waals surface area (Å²) in [7, 11) is -3.28. The van der Waals surface area contributed by atoms with Crippen molar-refractivity contribution in [1.82, 2.24) is 4.90 Å². The van der Waals surface area contributed by atoms with Gasteiger partial charge in [0.15, 0.2) is 9.84 Å². The summed E-state index contributed by atoms with van der Waals surface area (Å²) in [4.78, 5) is 2.72. The summed E-state index contributed by atoms with van der Waals surface area (Å²) in [5, 5.41) is 11.6. The zero-order valence-electron chi connectivity index (χ0n) is 16.2. The van der Waals surface area contributed by atoms with Gasteiger partial charge in [0.1, 0.15) is 0 Å². The zero-order valence-corrected chi connectivity index (χ0v) is 17.0. The van der Waals surface area contributed by atoms with E-state index in [0.29, 0.717) is 17.9 Å². The standard InChI is InChI=1S/C23H29NO3S/c25-23(19-9-3-1-4-10-19)15-16-24(22-14-8-7-13-21(22)23)17-18-28(26,27)20-11-5-2-6-12-20/h1-6,9-12,21-22,25H,7-8,13-18H2/t21-,22+,23+/m0/s1. The van der Waals surface area contributed by atoms with Crippen LogP contribution in [0.1, 0.15) is 37.7 Å². The van der Waals surface area contributed by atoms with Crippen molar-refractivity contribution in [1.29, 1.82) is 0 Å². The fourth-order valence-electron chi connectivity index (χ4n) is 5.12. The van der Waals surface area contributed by atoms with Gasteiger partial charge in [0.2, 0.25) is 0 Å². The Morgan fingerprint density at radius 3 is 2.32 bits per heavy atom. The average molecular weight is 400 g/mol. The highest BCUT2D eigenvalue weighted by molar-refractivity contribution is 7.91. The maximum Gasteiger partial charge on any atom is 0.179 e. The molecule has 28 heavy (non-hydrogen) atoms. The van der Waals surface area contributed by atoms with Gasteiger partial charge in [-0.05, 0) is 37.0 Å². The van der Waals surface area contributed by atoms with E-state index < -0.39 is 15.4 Å². The molecule has 2 aromatic rings. The predicted molar refractivity (Wildman–Crippen MR) is 111 cm³/mol. The highest BCUT2D eigenvalue weighted by Crippen LogP contribution is 2.46. The Morgan fingerprint density at radius 1 is 0.964 bits per heavy atom. The lowest BCUT2D eigenvalue weighted by atomic mass is 9.66. The lowest BCUT2D eigenvalue weighted by Gasteiger charge is -2.52. The summed E-state index contributed by atoms with van der Waals surface area (Å²) in [6.07, 6.45) is 4.97. The molecule has 4 nitrogen and oxygen atoms in total. The molecule has 3 atom stereocenters. The normalized spacial score (nSPS) is 28.6. The largest absolute Gasteiger partial charge is 0.385 e. The second-order valence-electron chi connectivity index (χ2n) is 8.17. The molecule has 1 aliphatic heterocycles. The Labute approximate surface area is 168 Å². The van der Waals surface area contributed by atoms with E-state index >= 15 is 0 Å². The number of sulfone groups is 1. The molecule has 2 aromatic carbocycles. The fraction of sp³-hybridized carbons (Fsp3) is 0.478. The third-order valence-electron chi connectivity index (χ3n) is 6.62. The first-order valence-electron chi connectivity index (χ1n) is 10.3. The van der Waals surface area contributed by atoms with Crippen LogP contribution in [0.25, 0.3) is 0 Å². The molecule has 1 N–H and O–H groups in total. The maximum atomic E-state index is 12.7. The van der Waals surface area contributed by atoms with Crippen molar-refractivity contribution in [3.63, 3.8) is 0 Å². The molecular formula is C23H29NO3S. The molecule has 0 aromatic heterocycles. The summed E-state index contributed by atoms with van der Waals surface area (Å²) >= 11 is 0. The number of hydrogen-bond donors (Lipinski definition) is 1. The molecule has 0 radical (unpaired) electrons. The Kier molecular flexibility index (Phi) is 5.59. The van der Waals surface area contributed by atoms with Gasteiger partial charge >= 0.3 is 0 Å². The summed E-state index contributed by atoms with van der Waals surface area (Å²) in [6, 6.07) is 19.0. The zero-order chi connectivity index (χ0) is 19.6. The molecule has 1 aliphatic carbocycles. The molecule has 1 saturated carbocycles. The van der Waals surface area contributed by atoms with E-state index in [2.05, 4.69) is 4.90 Å². The van der Waals surface area contributed by atoms with Gasteiger partial charge in [0, 0.05) is 25.0 Å². The van der Waals surface area contributed by atoms with Gasteiger partial charge in [-0.1, -0.05) is 61.4 Å². The Morgan fingerprint density at radius 2 is 1.61 bits per heavy atom. The van der Waals surface area contributed by atoms with Crippen molar-refractivity contribution in [3.8, 4) is 0 Å². The number of likely N-dealkylation sites (tertiary alicyclic amines) is 1. The van der Waals surface area contributed by atoms with E-state index in [1.165, 1.54) is 0 Å². The molecule has 1 heterocycles. The van der Waals surface area contributed by atoms with Crippen molar-refractivity contribution in [3.05, 3.63) is 66.2 Å². The Bertz CT molecular complexity index is 885. The number of nitrogens with zero attached hydrogens (tertiary/aromatic N) is 1. The molecule has 5 heteroatoms. The third-order valence-corrected chi connectivity index (χ3v) is 8.33. The first-order valence-corrected chi connectivity index (χ1v) is 12.0. The molecule has 4 rings (SSSR count). The second kappa shape index (κ2) is 7.97. The predicted octanol–water partition coefficient (Wildman–Crippen LogP) is 3.61. The van der Waals surface area contributed by atoms with Crippen LogP contribution in [-0.4, -0.2) is 43.3 Å². The maximum absolute atomic E-state index is 12.7. The molecule has 2 fully saturated rings. The van der Waals surface area contributed by atoms with Gasteiger partial charge < -0.3 is 5.11 Å². The van der Waals surface area contributed by atoms with Crippen LogP contribution in [0.15, 0.2) is 65.6 Å². The molecular weight excluding hydrogens is 370 g/mol. The van der Waals surface area contributed by atoms with Crippen LogP contribution in [0, 0.1) is 5.92 Å². The molecule has 0 spiro atoms. The number of piperidine rings is 1. The minimum absolute atomic E-state index is 0.129. The van der Waals surface area contributed by atoms with Crippen molar-refractivity contribution in [2.45, 2.75) is 48.6 Å². The van der Waals surface area contributed by atoms with E-state index in [1.54, 1.807) is 24.3 Å². The van der Waals surface area contributed by atoms with E-state index in [0.717, 1.165) is 37.8 Å². The summed E-state index contributed by atoms with van der Waals surface area (Å²) in [6.45, 7) is 1.26. The summed E-state index contributed by atoms with van der Waals surface area (Å²) in [5.74, 6) is 0.293. The molecule has 2 aliphatic rings. The first kappa shape index (κ1) is 19.6. The minimum Gasteiger partial charge on any atom is -0.385 e. The van der Waals surface area contributed by atoms with Gasteiger partial charge in [-0.15, -0.1) is 0 Å². The topological polar surface area (TPSA) is 57.6 Å². The van der Waals surface area contributed by atoms with Gasteiger partial charge in [-0.25, -0.2) is 8.42 Å². The van der Waals surface area contributed by atoms with Gasteiger partial charge in [0.05, 0.1) is 16.2 Å². The Balaban J connectivity index is 1.51. The SMILES string of the molecule is O=S(=O)(CCN1CC[C@@](O)(c2ccccc2)[C@H]2CCCC[C@H]21)c1ccccc1. The van der Waals surface area contributed by atoms with Crippen LogP contribution in [0.3, 0.4) is 0 Å². The highest BCUT2D eigenvalue weighted by Gasteiger charge is 2.48. The number of rotatable bonds is 5. The van der Waals surface area contributed by atoms with Crippen LogP contribution < -0.4 is 0 Å². The number of hydrogen-bond acceptors (Lipinski definition) is 4. The summed E-state index contributed by atoms with van der Waals surface area (Å²) in [5.41, 5.74) is 0.199. The van der Waals surface area contributed by atoms with Crippen molar-refractivity contribution < 1.29 is 13.5 Å². The fourth-order valence-corrected chi connectivity index (χ4v) is 6.40.